The molecule has 3 nitrogen and oxygen atoms in total. The Hall–Kier alpha value is -7.92. The van der Waals surface area contributed by atoms with Crippen LogP contribution in [0, 0.1) is 0 Å². The Morgan fingerprint density at radius 2 is 0.919 bits per heavy atom. The molecule has 0 saturated heterocycles. The maximum Gasteiger partial charge on any atom is 0.147 e. The molecule has 0 aliphatic rings. The summed E-state index contributed by atoms with van der Waals surface area (Å²) in [5, 5.41) is 9.24. The molecular formula is C58H35NO2S. The van der Waals surface area contributed by atoms with Crippen molar-refractivity contribution in [2.45, 2.75) is 0 Å². The molecule has 10 aromatic carbocycles. The summed E-state index contributed by atoms with van der Waals surface area (Å²) in [6.07, 6.45) is 0. The molecule has 0 N–H and O–H groups in total. The first-order chi connectivity index (χ1) is 30.7. The third kappa shape index (κ3) is 5.51. The van der Waals surface area contributed by atoms with Crippen LogP contribution in [0.15, 0.2) is 221 Å². The minimum atomic E-state index is 0.836. The molecule has 4 heteroatoms. The topological polar surface area (TPSA) is 29.5 Å². The van der Waals surface area contributed by atoms with E-state index in [0.29, 0.717) is 0 Å². The number of nitrogens with zero attached hydrogens (tertiary/aromatic N) is 1. The summed E-state index contributed by atoms with van der Waals surface area (Å²) < 4.78 is 15.6. The highest BCUT2D eigenvalue weighted by molar-refractivity contribution is 7.25. The SMILES string of the molecule is c1ccc(-c2ccc(N(c3ccc(-c4cccc5ccccc45)cc3)c3ccc4sc5ccc(-c6cccc7c6oc6c7ccc7oc8ccccc8c76)cc5c4c3)cc2)cc1. The second-order valence-corrected chi connectivity index (χ2v) is 17.1. The number of hydrogen-bond donors (Lipinski definition) is 0. The summed E-state index contributed by atoms with van der Waals surface area (Å²) in [5.74, 6) is 0. The van der Waals surface area contributed by atoms with Crippen LogP contribution in [0.25, 0.3) is 108 Å². The van der Waals surface area contributed by atoms with Crippen LogP contribution in [-0.2, 0) is 0 Å². The molecule has 13 aromatic rings. The zero-order valence-electron chi connectivity index (χ0n) is 33.4. The third-order valence-corrected chi connectivity index (χ3v) is 13.6. The van der Waals surface area contributed by atoms with Gasteiger partial charge < -0.3 is 13.7 Å². The highest BCUT2D eigenvalue weighted by atomic mass is 32.1. The van der Waals surface area contributed by atoms with Gasteiger partial charge in [0.15, 0.2) is 0 Å². The standard InChI is InChI=1S/C58H35NO2S/c1-2-10-36(11-3-1)37-20-25-41(26-21-37)59(42-27-22-39(23-28-42)45-16-8-13-38-12-4-5-14-44(38)45)43-29-33-55-51(35-43)50-34-40(24-32-54(50)62-55)46-17-9-18-47-48-30-31-53-56(58(48)61-57(46)47)49-15-6-7-19-52(49)60-53/h1-35H. The van der Waals surface area contributed by atoms with Gasteiger partial charge in [0.05, 0.1) is 5.39 Å². The number of para-hydroxylation sites is 2. The molecule has 290 valence electrons. The molecule has 0 spiro atoms. The van der Waals surface area contributed by atoms with Gasteiger partial charge in [-0.3, -0.25) is 0 Å². The number of thiophene rings is 1. The summed E-state index contributed by atoms with van der Waals surface area (Å²) in [7, 11) is 0. The molecule has 3 aromatic heterocycles. The molecule has 0 atom stereocenters. The van der Waals surface area contributed by atoms with Crippen molar-refractivity contribution < 1.29 is 8.83 Å². The van der Waals surface area contributed by atoms with E-state index >= 15 is 0 Å². The van der Waals surface area contributed by atoms with Crippen molar-refractivity contribution in [3.8, 4) is 33.4 Å². The van der Waals surface area contributed by atoms with Gasteiger partial charge in [-0.1, -0.05) is 140 Å². The van der Waals surface area contributed by atoms with Gasteiger partial charge in [-0.25, -0.2) is 0 Å². The van der Waals surface area contributed by atoms with E-state index in [1.807, 2.05) is 23.5 Å². The van der Waals surface area contributed by atoms with E-state index in [1.165, 1.54) is 53.2 Å². The average Bonchev–Trinajstić information content (AvgIpc) is 4.03. The monoisotopic (exact) mass is 809 g/mol. The number of furan rings is 2. The van der Waals surface area contributed by atoms with Crippen molar-refractivity contribution >= 4 is 103 Å². The van der Waals surface area contributed by atoms with Crippen LogP contribution in [0.4, 0.5) is 17.1 Å². The van der Waals surface area contributed by atoms with Gasteiger partial charge in [-0.05, 0) is 111 Å². The molecule has 0 unspecified atom stereocenters. The zero-order chi connectivity index (χ0) is 40.7. The maximum absolute atomic E-state index is 6.88. The average molecular weight is 810 g/mol. The molecule has 0 saturated carbocycles. The second kappa shape index (κ2) is 13.8. The minimum absolute atomic E-state index is 0.836. The predicted octanol–water partition coefficient (Wildman–Crippen LogP) is 17.5. The molecular weight excluding hydrogens is 775 g/mol. The Kier molecular flexibility index (Phi) is 7.78. The fraction of sp³-hybridized carbons (Fsp3) is 0. The molecule has 0 fully saturated rings. The van der Waals surface area contributed by atoms with Crippen molar-refractivity contribution in [2.24, 2.45) is 0 Å². The van der Waals surface area contributed by atoms with Crippen LogP contribution in [-0.4, -0.2) is 0 Å². The number of hydrogen-bond acceptors (Lipinski definition) is 4. The van der Waals surface area contributed by atoms with Crippen LogP contribution in [0.2, 0.25) is 0 Å². The molecule has 13 rings (SSSR count). The van der Waals surface area contributed by atoms with E-state index in [2.05, 4.69) is 205 Å². The Balaban J connectivity index is 0.947. The second-order valence-electron chi connectivity index (χ2n) is 16.0. The molecule has 3 heterocycles. The normalized spacial score (nSPS) is 11.9. The van der Waals surface area contributed by atoms with Gasteiger partial charge in [-0.2, -0.15) is 0 Å². The lowest BCUT2D eigenvalue weighted by atomic mass is 9.98. The molecule has 0 radical (unpaired) electrons. The Bertz CT molecular complexity index is 3850. The van der Waals surface area contributed by atoms with Crippen LogP contribution in [0.3, 0.4) is 0 Å². The third-order valence-electron chi connectivity index (χ3n) is 12.5. The maximum atomic E-state index is 6.88. The first-order valence-corrected chi connectivity index (χ1v) is 21.8. The largest absolute Gasteiger partial charge is 0.456 e. The number of benzene rings is 10. The van der Waals surface area contributed by atoms with Gasteiger partial charge in [0.2, 0.25) is 0 Å². The van der Waals surface area contributed by atoms with Gasteiger partial charge >= 0.3 is 0 Å². The number of fused-ring (bicyclic) bond motifs is 11. The lowest BCUT2D eigenvalue weighted by Crippen LogP contribution is -2.09. The summed E-state index contributed by atoms with van der Waals surface area (Å²) in [4.78, 5) is 2.38. The Morgan fingerprint density at radius 1 is 0.323 bits per heavy atom. The smallest absolute Gasteiger partial charge is 0.147 e. The summed E-state index contributed by atoms with van der Waals surface area (Å²) in [6, 6.07) is 76.3. The molecule has 0 aliphatic carbocycles. The van der Waals surface area contributed by atoms with E-state index < -0.39 is 0 Å². The van der Waals surface area contributed by atoms with Crippen LogP contribution >= 0.6 is 11.3 Å². The highest BCUT2D eigenvalue weighted by Crippen LogP contribution is 2.45. The van der Waals surface area contributed by atoms with Crippen molar-refractivity contribution in [3.05, 3.63) is 212 Å². The van der Waals surface area contributed by atoms with Gasteiger partial charge in [0.25, 0.3) is 0 Å². The first-order valence-electron chi connectivity index (χ1n) is 21.0. The van der Waals surface area contributed by atoms with Crippen molar-refractivity contribution in [1.82, 2.24) is 0 Å². The fourth-order valence-electron chi connectivity index (χ4n) is 9.51. The van der Waals surface area contributed by atoms with Gasteiger partial charge in [0, 0.05) is 59.0 Å². The summed E-state index contributed by atoms with van der Waals surface area (Å²) in [5.41, 5.74) is 13.8. The number of rotatable bonds is 6. The Morgan fingerprint density at radius 3 is 1.76 bits per heavy atom. The van der Waals surface area contributed by atoms with Crippen molar-refractivity contribution in [3.63, 3.8) is 0 Å². The first kappa shape index (κ1) is 34.9. The van der Waals surface area contributed by atoms with Crippen molar-refractivity contribution in [2.75, 3.05) is 4.90 Å². The van der Waals surface area contributed by atoms with Crippen LogP contribution < -0.4 is 4.90 Å². The van der Waals surface area contributed by atoms with E-state index in [0.717, 1.165) is 72.1 Å². The minimum Gasteiger partial charge on any atom is -0.456 e. The Labute approximate surface area is 360 Å². The zero-order valence-corrected chi connectivity index (χ0v) is 34.2. The van der Waals surface area contributed by atoms with E-state index in [9.17, 15) is 0 Å². The lowest BCUT2D eigenvalue weighted by Gasteiger charge is -2.26. The molecule has 62 heavy (non-hydrogen) atoms. The van der Waals surface area contributed by atoms with E-state index in [1.54, 1.807) is 0 Å². The molecule has 0 aliphatic heterocycles. The molecule has 0 amide bonds. The summed E-state index contributed by atoms with van der Waals surface area (Å²) >= 11 is 1.84. The number of anilines is 3. The van der Waals surface area contributed by atoms with Gasteiger partial charge in [-0.15, -0.1) is 11.3 Å². The van der Waals surface area contributed by atoms with Crippen molar-refractivity contribution in [1.29, 1.82) is 0 Å². The van der Waals surface area contributed by atoms with E-state index in [-0.39, 0.29) is 0 Å². The van der Waals surface area contributed by atoms with E-state index in [4.69, 9.17) is 8.83 Å². The molecule has 0 bridgehead atoms. The lowest BCUT2D eigenvalue weighted by molar-refractivity contribution is 0.663. The fourth-order valence-corrected chi connectivity index (χ4v) is 10.6. The van der Waals surface area contributed by atoms with Gasteiger partial charge in [0.1, 0.15) is 22.3 Å². The quantitative estimate of drug-likeness (QED) is 0.168. The predicted molar refractivity (Wildman–Crippen MR) is 262 cm³/mol. The van der Waals surface area contributed by atoms with Crippen LogP contribution in [0.5, 0.6) is 0 Å². The summed E-state index contributed by atoms with van der Waals surface area (Å²) in [6.45, 7) is 0. The van der Waals surface area contributed by atoms with Crippen LogP contribution in [0.1, 0.15) is 0 Å². The highest BCUT2D eigenvalue weighted by Gasteiger charge is 2.20.